The Morgan fingerprint density at radius 2 is 1.63 bits per heavy atom. The van der Waals surface area contributed by atoms with Gasteiger partial charge in [0.05, 0.1) is 36.0 Å². The van der Waals surface area contributed by atoms with Crippen molar-refractivity contribution in [2.45, 2.75) is 46.8 Å². The molecule has 1 fully saturated rings. The van der Waals surface area contributed by atoms with Crippen molar-refractivity contribution in [2.75, 3.05) is 12.0 Å². The fourth-order valence-corrected chi connectivity index (χ4v) is 4.84. The van der Waals surface area contributed by atoms with Gasteiger partial charge in [0.15, 0.2) is 0 Å². The number of aryl methyl sites for hydroxylation is 3. The van der Waals surface area contributed by atoms with E-state index >= 15 is 0 Å². The summed E-state index contributed by atoms with van der Waals surface area (Å²) in [5, 5.41) is 11.6. The zero-order valence-electron chi connectivity index (χ0n) is 22.4. The molecule has 0 aromatic heterocycles. The standard InChI is InChI=1S/C31H31NO6/c1-17(2)38-31(36)21-10-12-23(13-11-21)32-26(22-9-7-8-18(3)15-22)25(28(34)30(32)35)27(33)24-16-19(4)14-20(5)29(24)37-6/h7-17,26,33H,1-6H3/b27-25+. The highest BCUT2D eigenvalue weighted by Crippen LogP contribution is 2.44. The second-order valence-electron chi connectivity index (χ2n) is 9.75. The average molecular weight is 514 g/mol. The van der Waals surface area contributed by atoms with E-state index in [1.807, 2.05) is 51.1 Å². The minimum atomic E-state index is -0.895. The maximum absolute atomic E-state index is 13.5. The first-order chi connectivity index (χ1) is 18.0. The van der Waals surface area contributed by atoms with Gasteiger partial charge in [0, 0.05) is 5.69 Å². The van der Waals surface area contributed by atoms with Gasteiger partial charge in [-0.05, 0) is 81.6 Å². The summed E-state index contributed by atoms with van der Waals surface area (Å²) in [6.45, 7) is 9.17. The Kier molecular flexibility index (Phi) is 7.39. The summed E-state index contributed by atoms with van der Waals surface area (Å²) < 4.78 is 10.8. The van der Waals surface area contributed by atoms with Crippen LogP contribution in [0.5, 0.6) is 5.75 Å². The summed E-state index contributed by atoms with van der Waals surface area (Å²) in [6, 6.07) is 16.5. The van der Waals surface area contributed by atoms with E-state index in [4.69, 9.17) is 9.47 Å². The van der Waals surface area contributed by atoms with E-state index in [1.54, 1.807) is 44.2 Å². The molecule has 3 aromatic rings. The number of esters is 1. The number of nitrogens with zero attached hydrogens (tertiary/aromatic N) is 1. The van der Waals surface area contributed by atoms with Gasteiger partial charge in [0.1, 0.15) is 11.5 Å². The molecule has 3 aromatic carbocycles. The van der Waals surface area contributed by atoms with Crippen LogP contribution < -0.4 is 9.64 Å². The highest BCUT2D eigenvalue weighted by Gasteiger charge is 2.47. The zero-order valence-corrected chi connectivity index (χ0v) is 22.4. The molecule has 1 saturated heterocycles. The number of aliphatic hydroxyl groups is 1. The van der Waals surface area contributed by atoms with Crippen molar-refractivity contribution in [3.8, 4) is 5.75 Å². The fourth-order valence-electron chi connectivity index (χ4n) is 4.84. The van der Waals surface area contributed by atoms with Crippen LogP contribution in [0.2, 0.25) is 0 Å². The number of carbonyl (C=O) groups excluding carboxylic acids is 3. The monoisotopic (exact) mass is 513 g/mol. The molecule has 0 aliphatic carbocycles. The van der Waals surface area contributed by atoms with Crippen LogP contribution in [0, 0.1) is 20.8 Å². The van der Waals surface area contributed by atoms with Gasteiger partial charge in [0.25, 0.3) is 11.7 Å². The van der Waals surface area contributed by atoms with Crippen LogP contribution >= 0.6 is 0 Å². The molecule has 7 nitrogen and oxygen atoms in total. The first-order valence-electron chi connectivity index (χ1n) is 12.4. The molecule has 1 aliphatic rings. The predicted octanol–water partition coefficient (Wildman–Crippen LogP) is 5.81. The number of amides is 1. The van der Waals surface area contributed by atoms with Crippen molar-refractivity contribution in [1.82, 2.24) is 0 Å². The fraction of sp³-hybridized carbons (Fsp3) is 0.258. The number of hydrogen-bond donors (Lipinski definition) is 1. The Balaban J connectivity index is 1.91. The number of ether oxygens (including phenoxy) is 2. The lowest BCUT2D eigenvalue weighted by Crippen LogP contribution is -2.29. The first kappa shape index (κ1) is 26.7. The number of anilines is 1. The van der Waals surface area contributed by atoms with E-state index in [9.17, 15) is 19.5 Å². The van der Waals surface area contributed by atoms with Gasteiger partial charge in [-0.15, -0.1) is 0 Å². The minimum Gasteiger partial charge on any atom is -0.507 e. The SMILES string of the molecule is COc1c(C)cc(C)cc1/C(O)=C1\C(=O)C(=O)N(c2ccc(C(=O)OC(C)C)cc2)C1c1cccc(C)c1. The number of carbonyl (C=O) groups is 3. The van der Waals surface area contributed by atoms with Crippen LogP contribution in [-0.4, -0.2) is 36.0 Å². The smallest absolute Gasteiger partial charge is 0.338 e. The quantitative estimate of drug-likeness (QED) is 0.193. The summed E-state index contributed by atoms with van der Waals surface area (Å²) in [7, 11) is 1.50. The van der Waals surface area contributed by atoms with Crippen molar-refractivity contribution >= 4 is 29.1 Å². The number of hydrogen-bond acceptors (Lipinski definition) is 6. The maximum Gasteiger partial charge on any atom is 0.338 e. The van der Waals surface area contributed by atoms with Gasteiger partial charge in [-0.3, -0.25) is 14.5 Å². The van der Waals surface area contributed by atoms with Crippen molar-refractivity contribution in [1.29, 1.82) is 0 Å². The number of rotatable bonds is 6. The van der Waals surface area contributed by atoms with Crippen LogP contribution in [0.3, 0.4) is 0 Å². The number of methoxy groups -OCH3 is 1. The van der Waals surface area contributed by atoms with Crippen LogP contribution in [0.1, 0.15) is 58.1 Å². The van der Waals surface area contributed by atoms with Crippen molar-refractivity contribution in [3.63, 3.8) is 0 Å². The highest BCUT2D eigenvalue weighted by atomic mass is 16.5. The Bertz CT molecular complexity index is 1450. The topological polar surface area (TPSA) is 93.1 Å². The molecule has 0 bridgehead atoms. The molecule has 38 heavy (non-hydrogen) atoms. The summed E-state index contributed by atoms with van der Waals surface area (Å²) >= 11 is 0. The second kappa shape index (κ2) is 10.5. The molecule has 1 unspecified atom stereocenters. The highest BCUT2D eigenvalue weighted by molar-refractivity contribution is 6.51. The van der Waals surface area contributed by atoms with Crippen molar-refractivity contribution in [2.24, 2.45) is 0 Å². The first-order valence-corrected chi connectivity index (χ1v) is 12.4. The number of Topliss-reactive ketones (excluding diaryl/α,β-unsaturated/α-hetero) is 1. The summed E-state index contributed by atoms with van der Waals surface area (Å²) in [6.07, 6.45) is -0.274. The van der Waals surface area contributed by atoms with E-state index in [-0.39, 0.29) is 17.4 Å². The molecule has 7 heteroatoms. The summed E-state index contributed by atoms with van der Waals surface area (Å²) in [4.78, 5) is 40.7. The number of benzene rings is 3. The lowest BCUT2D eigenvalue weighted by molar-refractivity contribution is -0.132. The largest absolute Gasteiger partial charge is 0.507 e. The van der Waals surface area contributed by atoms with E-state index in [1.165, 1.54) is 12.0 Å². The summed E-state index contributed by atoms with van der Waals surface area (Å²) in [5.41, 5.74) is 4.30. The molecular formula is C31H31NO6. The molecule has 1 N–H and O–H groups in total. The third-order valence-electron chi connectivity index (χ3n) is 6.40. The van der Waals surface area contributed by atoms with Crippen LogP contribution in [0.25, 0.3) is 5.76 Å². The molecule has 1 amide bonds. The van der Waals surface area contributed by atoms with E-state index in [2.05, 4.69) is 0 Å². The van der Waals surface area contributed by atoms with Gasteiger partial charge >= 0.3 is 5.97 Å². The average Bonchev–Trinajstić information content (AvgIpc) is 3.13. The predicted molar refractivity (Wildman–Crippen MR) is 145 cm³/mol. The van der Waals surface area contributed by atoms with E-state index in [0.717, 1.165) is 16.7 Å². The minimum absolute atomic E-state index is 0.0350. The zero-order chi connectivity index (χ0) is 27.7. The third kappa shape index (κ3) is 4.92. The van der Waals surface area contributed by atoms with Gasteiger partial charge < -0.3 is 14.6 Å². The van der Waals surface area contributed by atoms with Gasteiger partial charge in [0.2, 0.25) is 0 Å². The van der Waals surface area contributed by atoms with Crippen LogP contribution in [0.4, 0.5) is 5.69 Å². The molecular weight excluding hydrogens is 482 g/mol. The second-order valence-corrected chi connectivity index (χ2v) is 9.75. The Hall–Kier alpha value is -4.39. The van der Waals surface area contributed by atoms with Crippen molar-refractivity contribution < 1.29 is 29.0 Å². The number of aliphatic hydroxyl groups excluding tert-OH is 1. The van der Waals surface area contributed by atoms with Gasteiger partial charge in [-0.2, -0.15) is 0 Å². The lowest BCUT2D eigenvalue weighted by Gasteiger charge is -2.26. The molecule has 0 saturated carbocycles. The lowest BCUT2D eigenvalue weighted by atomic mass is 9.93. The number of ketones is 1. The summed E-state index contributed by atoms with van der Waals surface area (Å²) in [5.74, 6) is -1.95. The van der Waals surface area contributed by atoms with Crippen LogP contribution in [0.15, 0.2) is 66.2 Å². The van der Waals surface area contributed by atoms with E-state index < -0.39 is 23.7 Å². The molecule has 0 spiro atoms. The molecule has 1 heterocycles. The third-order valence-corrected chi connectivity index (χ3v) is 6.40. The molecule has 0 radical (unpaired) electrons. The Morgan fingerprint density at radius 3 is 2.24 bits per heavy atom. The van der Waals surface area contributed by atoms with Gasteiger partial charge in [-0.25, -0.2) is 4.79 Å². The normalized spacial score (nSPS) is 16.7. The molecule has 1 aliphatic heterocycles. The van der Waals surface area contributed by atoms with Gasteiger partial charge in [-0.1, -0.05) is 35.9 Å². The van der Waals surface area contributed by atoms with Crippen LogP contribution in [-0.2, 0) is 14.3 Å². The van der Waals surface area contributed by atoms with E-state index in [0.29, 0.717) is 28.1 Å². The maximum atomic E-state index is 13.5. The van der Waals surface area contributed by atoms with Crippen molar-refractivity contribution in [3.05, 3.63) is 99.6 Å². The Labute approximate surface area is 222 Å². The molecule has 196 valence electrons. The molecule has 4 rings (SSSR count). The molecule has 1 atom stereocenters. The Morgan fingerprint density at radius 1 is 0.947 bits per heavy atom.